The SMILES string of the molecule is Cc1nc(N2CCCC(C)C2C)ncc1CN. The highest BCUT2D eigenvalue weighted by molar-refractivity contribution is 5.35. The van der Waals surface area contributed by atoms with Crippen molar-refractivity contribution in [2.24, 2.45) is 11.7 Å². The molecule has 0 aromatic carbocycles. The van der Waals surface area contributed by atoms with Crippen LogP contribution in [0.3, 0.4) is 0 Å². The average Bonchev–Trinajstić information content (AvgIpc) is 2.32. The number of hydrogen-bond acceptors (Lipinski definition) is 4. The van der Waals surface area contributed by atoms with E-state index < -0.39 is 0 Å². The second-order valence-electron chi connectivity index (χ2n) is 5.04. The molecule has 2 unspecified atom stereocenters. The van der Waals surface area contributed by atoms with Gasteiger partial charge in [0.2, 0.25) is 5.95 Å². The lowest BCUT2D eigenvalue weighted by Crippen LogP contribution is -2.43. The quantitative estimate of drug-likeness (QED) is 0.848. The molecule has 4 heteroatoms. The monoisotopic (exact) mass is 234 g/mol. The van der Waals surface area contributed by atoms with Gasteiger partial charge in [-0.05, 0) is 32.6 Å². The van der Waals surface area contributed by atoms with E-state index in [1.165, 1.54) is 12.8 Å². The number of nitrogens with two attached hydrogens (primary N) is 1. The van der Waals surface area contributed by atoms with Crippen LogP contribution in [-0.2, 0) is 6.54 Å². The van der Waals surface area contributed by atoms with E-state index in [0.29, 0.717) is 18.5 Å². The summed E-state index contributed by atoms with van der Waals surface area (Å²) in [6.07, 6.45) is 4.40. The Labute approximate surface area is 103 Å². The van der Waals surface area contributed by atoms with Gasteiger partial charge in [-0.2, -0.15) is 0 Å². The van der Waals surface area contributed by atoms with E-state index in [9.17, 15) is 0 Å². The topological polar surface area (TPSA) is 55.0 Å². The third-order valence-electron chi connectivity index (χ3n) is 3.92. The molecule has 2 heterocycles. The minimum absolute atomic E-state index is 0.512. The highest BCUT2D eigenvalue weighted by Crippen LogP contribution is 2.26. The largest absolute Gasteiger partial charge is 0.338 e. The molecule has 2 rings (SSSR count). The summed E-state index contributed by atoms with van der Waals surface area (Å²) >= 11 is 0. The zero-order valence-electron chi connectivity index (χ0n) is 11.0. The lowest BCUT2D eigenvalue weighted by molar-refractivity contribution is 0.359. The summed E-state index contributed by atoms with van der Waals surface area (Å²) in [5, 5.41) is 0. The fraction of sp³-hybridized carbons (Fsp3) is 0.692. The van der Waals surface area contributed by atoms with Crippen LogP contribution in [0.2, 0.25) is 0 Å². The van der Waals surface area contributed by atoms with Crippen molar-refractivity contribution < 1.29 is 0 Å². The standard InChI is InChI=1S/C13H22N4/c1-9-5-4-6-17(11(9)3)13-15-8-12(7-14)10(2)16-13/h8-9,11H,4-7,14H2,1-3H3. The third kappa shape index (κ3) is 2.41. The van der Waals surface area contributed by atoms with E-state index in [2.05, 4.69) is 28.7 Å². The Bertz CT molecular complexity index is 391. The van der Waals surface area contributed by atoms with Gasteiger partial charge in [0.1, 0.15) is 0 Å². The second-order valence-corrected chi connectivity index (χ2v) is 5.04. The highest BCUT2D eigenvalue weighted by Gasteiger charge is 2.26. The normalized spacial score (nSPS) is 25.1. The first kappa shape index (κ1) is 12.3. The Morgan fingerprint density at radius 2 is 2.24 bits per heavy atom. The van der Waals surface area contributed by atoms with Crippen molar-refractivity contribution in [3.05, 3.63) is 17.5 Å². The molecule has 17 heavy (non-hydrogen) atoms. The number of aromatic nitrogens is 2. The van der Waals surface area contributed by atoms with Gasteiger partial charge in [-0.15, -0.1) is 0 Å². The first-order valence-corrected chi connectivity index (χ1v) is 6.42. The molecule has 1 fully saturated rings. The summed E-state index contributed by atoms with van der Waals surface area (Å²) in [6, 6.07) is 0.520. The zero-order chi connectivity index (χ0) is 12.4. The minimum atomic E-state index is 0.512. The minimum Gasteiger partial charge on any atom is -0.338 e. The molecule has 1 aliphatic rings. The molecule has 2 atom stereocenters. The molecular weight excluding hydrogens is 212 g/mol. The maximum absolute atomic E-state index is 5.63. The zero-order valence-corrected chi connectivity index (χ0v) is 11.0. The lowest BCUT2D eigenvalue weighted by Gasteiger charge is -2.38. The molecule has 0 saturated carbocycles. The van der Waals surface area contributed by atoms with Crippen molar-refractivity contribution in [3.8, 4) is 0 Å². The predicted octanol–water partition coefficient (Wildman–Crippen LogP) is 1.87. The molecule has 0 aliphatic carbocycles. The van der Waals surface area contributed by atoms with E-state index >= 15 is 0 Å². The van der Waals surface area contributed by atoms with Gasteiger partial charge >= 0.3 is 0 Å². The van der Waals surface area contributed by atoms with Gasteiger partial charge in [0.05, 0.1) is 0 Å². The van der Waals surface area contributed by atoms with Crippen LogP contribution >= 0.6 is 0 Å². The van der Waals surface area contributed by atoms with Crippen molar-refractivity contribution in [1.82, 2.24) is 9.97 Å². The Morgan fingerprint density at radius 1 is 1.47 bits per heavy atom. The summed E-state index contributed by atoms with van der Waals surface area (Å²) in [7, 11) is 0. The molecule has 0 spiro atoms. The Kier molecular flexibility index (Phi) is 3.62. The van der Waals surface area contributed by atoms with Crippen LogP contribution in [0.1, 0.15) is 37.9 Å². The van der Waals surface area contributed by atoms with Crippen LogP contribution in [0, 0.1) is 12.8 Å². The van der Waals surface area contributed by atoms with Crippen LogP contribution in [0.4, 0.5) is 5.95 Å². The molecule has 1 aromatic heterocycles. The summed E-state index contributed by atoms with van der Waals surface area (Å²) in [4.78, 5) is 11.4. The van der Waals surface area contributed by atoms with Crippen molar-refractivity contribution >= 4 is 5.95 Å². The Hall–Kier alpha value is -1.16. The van der Waals surface area contributed by atoms with E-state index in [-0.39, 0.29) is 0 Å². The molecule has 1 aliphatic heterocycles. The maximum atomic E-state index is 5.63. The summed E-state index contributed by atoms with van der Waals surface area (Å²) < 4.78 is 0. The van der Waals surface area contributed by atoms with Crippen LogP contribution < -0.4 is 10.6 Å². The van der Waals surface area contributed by atoms with Gasteiger partial charge in [0, 0.05) is 36.6 Å². The number of nitrogens with zero attached hydrogens (tertiary/aromatic N) is 3. The van der Waals surface area contributed by atoms with Gasteiger partial charge in [-0.25, -0.2) is 9.97 Å². The molecule has 4 nitrogen and oxygen atoms in total. The first-order valence-electron chi connectivity index (χ1n) is 6.42. The van der Waals surface area contributed by atoms with E-state index in [4.69, 9.17) is 5.73 Å². The van der Waals surface area contributed by atoms with Gasteiger partial charge < -0.3 is 10.6 Å². The molecule has 0 radical (unpaired) electrons. The smallest absolute Gasteiger partial charge is 0.225 e. The first-order chi connectivity index (χ1) is 8.13. The second kappa shape index (κ2) is 5.00. The number of aryl methyl sites for hydroxylation is 1. The molecule has 2 N–H and O–H groups in total. The lowest BCUT2D eigenvalue weighted by atomic mass is 9.92. The van der Waals surface area contributed by atoms with E-state index in [1.807, 2.05) is 13.1 Å². The Balaban J connectivity index is 2.24. The summed E-state index contributed by atoms with van der Waals surface area (Å²) in [5.41, 5.74) is 7.67. The molecular formula is C13H22N4. The molecule has 0 amide bonds. The third-order valence-corrected chi connectivity index (χ3v) is 3.92. The van der Waals surface area contributed by atoms with E-state index in [0.717, 1.165) is 23.8 Å². The van der Waals surface area contributed by atoms with Crippen LogP contribution in [-0.4, -0.2) is 22.6 Å². The van der Waals surface area contributed by atoms with Gasteiger partial charge in [0.15, 0.2) is 0 Å². The molecule has 0 bridgehead atoms. The number of rotatable bonds is 2. The fourth-order valence-corrected chi connectivity index (χ4v) is 2.44. The molecule has 1 saturated heterocycles. The highest BCUT2D eigenvalue weighted by atomic mass is 15.3. The average molecular weight is 234 g/mol. The van der Waals surface area contributed by atoms with Crippen molar-refractivity contribution in [1.29, 1.82) is 0 Å². The van der Waals surface area contributed by atoms with Gasteiger partial charge in [-0.1, -0.05) is 6.92 Å². The molecule has 94 valence electrons. The Morgan fingerprint density at radius 3 is 2.88 bits per heavy atom. The number of piperidine rings is 1. The molecule has 1 aromatic rings. The predicted molar refractivity (Wildman–Crippen MR) is 69.9 cm³/mol. The number of anilines is 1. The van der Waals surface area contributed by atoms with Gasteiger partial charge in [0.25, 0.3) is 0 Å². The summed E-state index contributed by atoms with van der Waals surface area (Å²) in [6.45, 7) is 8.15. The van der Waals surface area contributed by atoms with Crippen molar-refractivity contribution in [2.75, 3.05) is 11.4 Å². The number of hydrogen-bond donors (Lipinski definition) is 1. The summed E-state index contributed by atoms with van der Waals surface area (Å²) in [5.74, 6) is 1.57. The van der Waals surface area contributed by atoms with Crippen LogP contribution in [0.15, 0.2) is 6.20 Å². The van der Waals surface area contributed by atoms with Crippen molar-refractivity contribution in [2.45, 2.75) is 46.2 Å². The van der Waals surface area contributed by atoms with Crippen LogP contribution in [0.5, 0.6) is 0 Å². The fourth-order valence-electron chi connectivity index (χ4n) is 2.44. The maximum Gasteiger partial charge on any atom is 0.225 e. The van der Waals surface area contributed by atoms with Crippen LogP contribution in [0.25, 0.3) is 0 Å². The van der Waals surface area contributed by atoms with Gasteiger partial charge in [-0.3, -0.25) is 0 Å². The van der Waals surface area contributed by atoms with E-state index in [1.54, 1.807) is 0 Å². The van der Waals surface area contributed by atoms with Crippen molar-refractivity contribution in [3.63, 3.8) is 0 Å².